The number of para-hydroxylation sites is 1. The van der Waals surface area contributed by atoms with E-state index in [1.807, 2.05) is 6.07 Å². The van der Waals surface area contributed by atoms with Gasteiger partial charge in [-0.1, -0.05) is 12.1 Å². The van der Waals surface area contributed by atoms with Crippen LogP contribution in [-0.2, 0) is 0 Å². The zero-order valence-corrected chi connectivity index (χ0v) is 8.79. The molecule has 0 radical (unpaired) electrons. The Hall–Kier alpha value is -2.81. The SMILES string of the molecule is N#Cc1ccccc1Oc1cc(N)nc(N)n1. The largest absolute Gasteiger partial charge is 0.437 e. The third-order valence-corrected chi connectivity index (χ3v) is 1.96. The first kappa shape index (κ1) is 10.7. The van der Waals surface area contributed by atoms with Gasteiger partial charge in [0.15, 0.2) is 0 Å². The highest BCUT2D eigenvalue weighted by atomic mass is 16.5. The Balaban J connectivity index is 2.35. The fourth-order valence-corrected chi connectivity index (χ4v) is 1.27. The third kappa shape index (κ3) is 2.41. The van der Waals surface area contributed by atoms with E-state index < -0.39 is 0 Å². The number of ether oxygens (including phenoxy) is 1. The number of aromatic nitrogens is 2. The van der Waals surface area contributed by atoms with Crippen LogP contribution in [0.3, 0.4) is 0 Å². The van der Waals surface area contributed by atoms with E-state index in [2.05, 4.69) is 9.97 Å². The maximum absolute atomic E-state index is 8.89. The van der Waals surface area contributed by atoms with E-state index in [4.69, 9.17) is 21.5 Å². The Morgan fingerprint density at radius 3 is 2.65 bits per heavy atom. The summed E-state index contributed by atoms with van der Waals surface area (Å²) in [6.45, 7) is 0. The van der Waals surface area contributed by atoms with Crippen molar-refractivity contribution in [3.63, 3.8) is 0 Å². The fraction of sp³-hybridized carbons (Fsp3) is 0. The lowest BCUT2D eigenvalue weighted by molar-refractivity contribution is 0.461. The van der Waals surface area contributed by atoms with Crippen molar-refractivity contribution in [1.82, 2.24) is 9.97 Å². The predicted molar refractivity (Wildman–Crippen MR) is 62.1 cm³/mol. The topological polar surface area (TPSA) is 111 Å². The lowest BCUT2D eigenvalue weighted by Gasteiger charge is -2.06. The summed E-state index contributed by atoms with van der Waals surface area (Å²) in [5.41, 5.74) is 11.3. The van der Waals surface area contributed by atoms with Crippen molar-refractivity contribution in [2.75, 3.05) is 11.5 Å². The molecule has 0 spiro atoms. The quantitative estimate of drug-likeness (QED) is 0.799. The van der Waals surface area contributed by atoms with Crippen molar-refractivity contribution in [3.05, 3.63) is 35.9 Å². The van der Waals surface area contributed by atoms with Crippen LogP contribution in [0.15, 0.2) is 30.3 Å². The highest BCUT2D eigenvalue weighted by Gasteiger charge is 2.06. The lowest BCUT2D eigenvalue weighted by Crippen LogP contribution is -2.01. The molecule has 4 N–H and O–H groups in total. The molecule has 0 saturated carbocycles. The minimum atomic E-state index is 0.0226. The van der Waals surface area contributed by atoms with E-state index in [-0.39, 0.29) is 17.6 Å². The van der Waals surface area contributed by atoms with Gasteiger partial charge < -0.3 is 16.2 Å². The van der Waals surface area contributed by atoms with Crippen LogP contribution in [0.4, 0.5) is 11.8 Å². The first-order valence-corrected chi connectivity index (χ1v) is 4.76. The second-order valence-corrected chi connectivity index (χ2v) is 3.20. The molecule has 0 atom stereocenters. The van der Waals surface area contributed by atoms with Gasteiger partial charge in [0, 0.05) is 6.07 Å². The summed E-state index contributed by atoms with van der Waals surface area (Å²) in [7, 11) is 0. The summed E-state index contributed by atoms with van der Waals surface area (Å²) in [5, 5.41) is 8.89. The van der Waals surface area contributed by atoms with Gasteiger partial charge >= 0.3 is 0 Å². The molecule has 6 heteroatoms. The molecule has 2 aromatic rings. The van der Waals surface area contributed by atoms with Crippen molar-refractivity contribution in [1.29, 1.82) is 5.26 Å². The van der Waals surface area contributed by atoms with E-state index in [1.165, 1.54) is 6.07 Å². The smallest absolute Gasteiger partial charge is 0.226 e. The Morgan fingerprint density at radius 1 is 1.18 bits per heavy atom. The number of nitrogen functional groups attached to an aromatic ring is 2. The number of benzene rings is 1. The molecule has 0 aliphatic heterocycles. The molecule has 0 unspecified atom stereocenters. The van der Waals surface area contributed by atoms with Crippen LogP contribution in [0.2, 0.25) is 0 Å². The second kappa shape index (κ2) is 4.37. The molecule has 0 aliphatic carbocycles. The summed E-state index contributed by atoms with van der Waals surface area (Å²) in [6, 6.07) is 10.2. The molecule has 1 heterocycles. The van der Waals surface area contributed by atoms with Crippen LogP contribution in [0.1, 0.15) is 5.56 Å². The van der Waals surface area contributed by atoms with Crippen LogP contribution < -0.4 is 16.2 Å². The third-order valence-electron chi connectivity index (χ3n) is 1.96. The fourth-order valence-electron chi connectivity index (χ4n) is 1.27. The van der Waals surface area contributed by atoms with Crippen molar-refractivity contribution in [2.24, 2.45) is 0 Å². The molecule has 0 bridgehead atoms. The molecule has 0 fully saturated rings. The van der Waals surface area contributed by atoms with Gasteiger partial charge in [-0.25, -0.2) is 0 Å². The van der Waals surface area contributed by atoms with E-state index in [0.717, 1.165) is 0 Å². The van der Waals surface area contributed by atoms with Crippen LogP contribution in [-0.4, -0.2) is 9.97 Å². The van der Waals surface area contributed by atoms with E-state index in [0.29, 0.717) is 11.3 Å². The van der Waals surface area contributed by atoms with Gasteiger partial charge in [-0.15, -0.1) is 0 Å². The van der Waals surface area contributed by atoms with Crippen LogP contribution in [0.25, 0.3) is 0 Å². The lowest BCUT2D eigenvalue weighted by atomic mass is 10.2. The van der Waals surface area contributed by atoms with Gasteiger partial charge in [0.25, 0.3) is 0 Å². The summed E-state index contributed by atoms with van der Waals surface area (Å²) in [4.78, 5) is 7.58. The van der Waals surface area contributed by atoms with E-state index >= 15 is 0 Å². The van der Waals surface area contributed by atoms with Gasteiger partial charge in [-0.05, 0) is 12.1 Å². The number of nitrogens with zero attached hydrogens (tertiary/aromatic N) is 3. The zero-order valence-electron chi connectivity index (χ0n) is 8.79. The average molecular weight is 227 g/mol. The standard InChI is InChI=1S/C11H9N5O/c12-6-7-3-1-2-4-8(7)17-10-5-9(13)15-11(14)16-10/h1-5H,(H4,13,14,15,16). The maximum Gasteiger partial charge on any atom is 0.226 e. The molecule has 6 nitrogen and oxygen atoms in total. The number of anilines is 2. The van der Waals surface area contributed by atoms with E-state index in [1.54, 1.807) is 24.3 Å². The van der Waals surface area contributed by atoms with Crippen molar-refractivity contribution >= 4 is 11.8 Å². The molecule has 2 rings (SSSR count). The zero-order chi connectivity index (χ0) is 12.3. The number of hydrogen-bond acceptors (Lipinski definition) is 6. The minimum absolute atomic E-state index is 0.0226. The molecule has 1 aromatic heterocycles. The maximum atomic E-state index is 8.89. The van der Waals surface area contributed by atoms with Gasteiger partial charge in [-0.3, -0.25) is 0 Å². The first-order valence-electron chi connectivity index (χ1n) is 4.76. The molecular formula is C11H9N5O. The van der Waals surface area contributed by atoms with Crippen molar-refractivity contribution in [3.8, 4) is 17.7 Å². The molecule has 1 aromatic carbocycles. The average Bonchev–Trinajstić information content (AvgIpc) is 2.28. The summed E-state index contributed by atoms with van der Waals surface area (Å²) < 4.78 is 5.43. The Morgan fingerprint density at radius 2 is 1.94 bits per heavy atom. The molecule has 84 valence electrons. The monoisotopic (exact) mass is 227 g/mol. The Bertz CT molecular complexity index is 570. The Kier molecular flexibility index (Phi) is 2.75. The van der Waals surface area contributed by atoms with Gasteiger partial charge in [0.1, 0.15) is 17.6 Å². The molecular weight excluding hydrogens is 218 g/mol. The van der Waals surface area contributed by atoms with Crippen molar-refractivity contribution < 1.29 is 4.74 Å². The second-order valence-electron chi connectivity index (χ2n) is 3.20. The highest BCUT2D eigenvalue weighted by molar-refractivity contribution is 5.46. The van der Waals surface area contributed by atoms with Crippen LogP contribution in [0.5, 0.6) is 11.6 Å². The number of nitriles is 1. The van der Waals surface area contributed by atoms with Gasteiger partial charge in [0.05, 0.1) is 5.56 Å². The van der Waals surface area contributed by atoms with Gasteiger partial charge in [-0.2, -0.15) is 15.2 Å². The summed E-state index contributed by atoms with van der Waals surface area (Å²) in [6.07, 6.45) is 0. The normalized spacial score (nSPS) is 9.59. The number of rotatable bonds is 2. The summed E-state index contributed by atoms with van der Waals surface area (Å²) in [5.74, 6) is 0.835. The van der Waals surface area contributed by atoms with Crippen LogP contribution >= 0.6 is 0 Å². The summed E-state index contributed by atoms with van der Waals surface area (Å²) >= 11 is 0. The molecule has 17 heavy (non-hydrogen) atoms. The number of hydrogen-bond donors (Lipinski definition) is 2. The molecule has 0 saturated heterocycles. The molecule has 0 amide bonds. The first-order chi connectivity index (χ1) is 8.19. The minimum Gasteiger partial charge on any atom is -0.437 e. The van der Waals surface area contributed by atoms with Crippen molar-refractivity contribution in [2.45, 2.75) is 0 Å². The molecule has 0 aliphatic rings. The Labute approximate surface area is 97.5 Å². The number of nitrogens with two attached hydrogens (primary N) is 2. The van der Waals surface area contributed by atoms with Gasteiger partial charge in [0.2, 0.25) is 11.8 Å². The predicted octanol–water partition coefficient (Wildman–Crippen LogP) is 1.30. The van der Waals surface area contributed by atoms with Crippen LogP contribution in [0, 0.1) is 11.3 Å². The highest BCUT2D eigenvalue weighted by Crippen LogP contribution is 2.24. The van der Waals surface area contributed by atoms with E-state index in [9.17, 15) is 0 Å².